The van der Waals surface area contributed by atoms with E-state index in [2.05, 4.69) is 31.8 Å². The van der Waals surface area contributed by atoms with Gasteiger partial charge in [-0.2, -0.15) is 0 Å². The lowest BCUT2D eigenvalue weighted by Gasteiger charge is -2.37. The van der Waals surface area contributed by atoms with E-state index in [1.54, 1.807) is 0 Å². The van der Waals surface area contributed by atoms with Crippen molar-refractivity contribution in [2.75, 3.05) is 72.1 Å². The van der Waals surface area contributed by atoms with Crippen molar-refractivity contribution in [1.82, 2.24) is 14.7 Å². The number of ether oxygens (including phenoxy) is 1. The van der Waals surface area contributed by atoms with Crippen molar-refractivity contribution in [3.63, 3.8) is 0 Å². The van der Waals surface area contributed by atoms with Crippen molar-refractivity contribution in [1.29, 1.82) is 0 Å². The van der Waals surface area contributed by atoms with Gasteiger partial charge in [-0.3, -0.25) is 14.8 Å². The molecule has 0 radical (unpaired) electrons. The lowest BCUT2D eigenvalue weighted by Crippen LogP contribution is -2.50. The summed E-state index contributed by atoms with van der Waals surface area (Å²) in [4.78, 5) is 12.0. The molecule has 0 N–H and O–H groups in total. The average molecular weight is 264 g/mol. The van der Waals surface area contributed by atoms with Gasteiger partial charge in [0, 0.05) is 52.4 Å². The Balaban J connectivity index is 1.37. The monoisotopic (exact) mass is 264 g/mol. The highest BCUT2D eigenvalue weighted by molar-refractivity contribution is 5.94. The summed E-state index contributed by atoms with van der Waals surface area (Å²) in [6.45, 7) is 11.8. The molecule has 3 aliphatic rings. The SMILES string of the molecule is C1=CC(N2CCN(CCN3CCOCC3)CC2)=NC1. The normalized spacial score (nSPS) is 25.9. The molecule has 0 bridgehead atoms. The second-order valence-corrected chi connectivity index (χ2v) is 5.38. The Kier molecular flexibility index (Phi) is 4.48. The van der Waals surface area contributed by atoms with Gasteiger partial charge in [0.15, 0.2) is 0 Å². The van der Waals surface area contributed by atoms with Crippen molar-refractivity contribution in [2.24, 2.45) is 4.99 Å². The predicted octanol–water partition coefficient (Wildman–Crippen LogP) is -0.0955. The van der Waals surface area contributed by atoms with Crippen LogP contribution in [0, 0.1) is 0 Å². The first-order chi connectivity index (χ1) is 9.42. The van der Waals surface area contributed by atoms with Crippen LogP contribution in [0.3, 0.4) is 0 Å². The zero-order valence-electron chi connectivity index (χ0n) is 11.6. The minimum absolute atomic E-state index is 0.868. The number of nitrogens with zero attached hydrogens (tertiary/aromatic N) is 4. The van der Waals surface area contributed by atoms with Crippen LogP contribution in [0.5, 0.6) is 0 Å². The first-order valence-electron chi connectivity index (χ1n) is 7.40. The van der Waals surface area contributed by atoms with Gasteiger partial charge in [0.2, 0.25) is 0 Å². The summed E-state index contributed by atoms with van der Waals surface area (Å²) in [6.07, 6.45) is 4.30. The molecule has 0 saturated carbocycles. The molecule has 2 fully saturated rings. The summed E-state index contributed by atoms with van der Waals surface area (Å²) in [5, 5.41) is 0. The van der Waals surface area contributed by atoms with Gasteiger partial charge < -0.3 is 9.64 Å². The Hall–Kier alpha value is -0.910. The highest BCUT2D eigenvalue weighted by atomic mass is 16.5. The van der Waals surface area contributed by atoms with Gasteiger partial charge in [0.05, 0.1) is 19.8 Å². The number of rotatable bonds is 3. The second-order valence-electron chi connectivity index (χ2n) is 5.38. The summed E-state index contributed by atoms with van der Waals surface area (Å²) >= 11 is 0. The van der Waals surface area contributed by atoms with Gasteiger partial charge in [0.1, 0.15) is 5.84 Å². The summed E-state index contributed by atoms with van der Waals surface area (Å²) in [7, 11) is 0. The van der Waals surface area contributed by atoms with Crippen molar-refractivity contribution in [3.8, 4) is 0 Å². The molecule has 3 aliphatic heterocycles. The van der Waals surface area contributed by atoms with Crippen molar-refractivity contribution in [3.05, 3.63) is 12.2 Å². The number of hydrogen-bond acceptors (Lipinski definition) is 5. The van der Waals surface area contributed by atoms with Crippen LogP contribution in [0.25, 0.3) is 0 Å². The van der Waals surface area contributed by atoms with Gasteiger partial charge in [0.25, 0.3) is 0 Å². The van der Waals surface area contributed by atoms with Crippen LogP contribution in [0.2, 0.25) is 0 Å². The summed E-state index contributed by atoms with van der Waals surface area (Å²) in [6, 6.07) is 0. The van der Waals surface area contributed by atoms with E-state index in [9.17, 15) is 0 Å². The number of hydrogen-bond donors (Lipinski definition) is 0. The van der Waals surface area contributed by atoms with Gasteiger partial charge >= 0.3 is 0 Å². The molecule has 0 amide bonds. The average Bonchev–Trinajstić information content (AvgIpc) is 3.01. The molecule has 0 aromatic rings. The molecule has 3 rings (SSSR count). The molecule has 2 saturated heterocycles. The number of morpholine rings is 1. The second kappa shape index (κ2) is 6.50. The molecule has 5 heteroatoms. The minimum atomic E-state index is 0.868. The van der Waals surface area contributed by atoms with Gasteiger partial charge in [-0.1, -0.05) is 6.08 Å². The Morgan fingerprint density at radius 1 is 0.947 bits per heavy atom. The number of amidine groups is 1. The van der Waals surface area contributed by atoms with E-state index in [0.717, 1.165) is 59.0 Å². The first kappa shape index (κ1) is 13.1. The molecule has 3 heterocycles. The maximum atomic E-state index is 5.38. The highest BCUT2D eigenvalue weighted by Crippen LogP contribution is 2.07. The Morgan fingerprint density at radius 2 is 1.63 bits per heavy atom. The van der Waals surface area contributed by atoms with Crippen LogP contribution in [0.4, 0.5) is 0 Å². The first-order valence-corrected chi connectivity index (χ1v) is 7.40. The molecule has 19 heavy (non-hydrogen) atoms. The molecule has 5 nitrogen and oxygen atoms in total. The summed E-state index contributed by atoms with van der Waals surface area (Å²) < 4.78 is 5.38. The topological polar surface area (TPSA) is 31.3 Å². The zero-order valence-corrected chi connectivity index (χ0v) is 11.6. The molecule has 0 spiro atoms. The Labute approximate surface area is 115 Å². The van der Waals surface area contributed by atoms with Gasteiger partial charge in [-0.05, 0) is 6.08 Å². The lowest BCUT2D eigenvalue weighted by atomic mass is 10.3. The van der Waals surface area contributed by atoms with Crippen LogP contribution in [-0.2, 0) is 4.74 Å². The maximum Gasteiger partial charge on any atom is 0.123 e. The third kappa shape index (κ3) is 3.55. The van der Waals surface area contributed by atoms with Gasteiger partial charge in [-0.15, -0.1) is 0 Å². The molecular formula is C14H24N4O. The van der Waals surface area contributed by atoms with Crippen molar-refractivity contribution < 1.29 is 4.74 Å². The fraction of sp³-hybridized carbons (Fsp3) is 0.786. The quantitative estimate of drug-likeness (QED) is 0.713. The van der Waals surface area contributed by atoms with Crippen LogP contribution in [-0.4, -0.2) is 92.7 Å². The van der Waals surface area contributed by atoms with E-state index in [-0.39, 0.29) is 0 Å². The fourth-order valence-corrected chi connectivity index (χ4v) is 2.87. The number of piperazine rings is 1. The highest BCUT2D eigenvalue weighted by Gasteiger charge is 2.20. The molecule has 0 atom stereocenters. The molecular weight excluding hydrogens is 240 g/mol. The molecule has 0 aliphatic carbocycles. The molecule has 0 unspecified atom stereocenters. The fourth-order valence-electron chi connectivity index (χ4n) is 2.87. The van der Waals surface area contributed by atoms with Crippen LogP contribution in [0.15, 0.2) is 17.1 Å². The van der Waals surface area contributed by atoms with E-state index in [1.807, 2.05) is 0 Å². The van der Waals surface area contributed by atoms with E-state index >= 15 is 0 Å². The maximum absolute atomic E-state index is 5.38. The van der Waals surface area contributed by atoms with E-state index in [0.29, 0.717) is 0 Å². The van der Waals surface area contributed by atoms with Gasteiger partial charge in [-0.25, -0.2) is 0 Å². The van der Waals surface area contributed by atoms with Crippen molar-refractivity contribution >= 4 is 5.84 Å². The number of aliphatic imine (C=N–C) groups is 1. The molecule has 106 valence electrons. The van der Waals surface area contributed by atoms with Crippen LogP contribution >= 0.6 is 0 Å². The minimum Gasteiger partial charge on any atom is -0.379 e. The van der Waals surface area contributed by atoms with Crippen molar-refractivity contribution in [2.45, 2.75) is 0 Å². The largest absolute Gasteiger partial charge is 0.379 e. The smallest absolute Gasteiger partial charge is 0.123 e. The Bertz CT molecular complexity index is 341. The zero-order chi connectivity index (χ0) is 12.9. The molecule has 0 aromatic carbocycles. The van der Waals surface area contributed by atoms with Crippen LogP contribution < -0.4 is 0 Å². The third-order valence-corrected chi connectivity index (χ3v) is 4.16. The molecule has 0 aromatic heterocycles. The van der Waals surface area contributed by atoms with E-state index in [4.69, 9.17) is 4.74 Å². The van der Waals surface area contributed by atoms with E-state index < -0.39 is 0 Å². The standard InChI is InChI=1S/C14H24N4O/c1-2-14(15-3-1)18-8-6-16(7-9-18)4-5-17-10-12-19-13-11-17/h1-2H,3-13H2. The summed E-state index contributed by atoms with van der Waals surface area (Å²) in [5.74, 6) is 1.19. The third-order valence-electron chi connectivity index (χ3n) is 4.16. The summed E-state index contributed by atoms with van der Waals surface area (Å²) in [5.41, 5.74) is 0. The predicted molar refractivity (Wildman–Crippen MR) is 76.7 cm³/mol. The van der Waals surface area contributed by atoms with E-state index in [1.165, 1.54) is 18.9 Å². The lowest BCUT2D eigenvalue weighted by molar-refractivity contribution is 0.0315. The van der Waals surface area contributed by atoms with Crippen LogP contribution in [0.1, 0.15) is 0 Å². The Morgan fingerprint density at radius 3 is 2.26 bits per heavy atom.